The molecule has 138 valence electrons. The highest BCUT2D eigenvalue weighted by Crippen LogP contribution is 2.18. The van der Waals surface area contributed by atoms with Crippen molar-refractivity contribution in [3.63, 3.8) is 0 Å². The van der Waals surface area contributed by atoms with Gasteiger partial charge >= 0.3 is 0 Å². The average Bonchev–Trinajstić information content (AvgIpc) is 2.57. The van der Waals surface area contributed by atoms with Gasteiger partial charge in [0.2, 0.25) is 15.9 Å². The molecule has 7 nitrogen and oxygen atoms in total. The molecule has 0 spiro atoms. The van der Waals surface area contributed by atoms with Gasteiger partial charge in [-0.2, -0.15) is 5.26 Å². The van der Waals surface area contributed by atoms with E-state index in [9.17, 15) is 13.2 Å². The van der Waals surface area contributed by atoms with Crippen LogP contribution in [0.3, 0.4) is 0 Å². The van der Waals surface area contributed by atoms with Crippen LogP contribution < -0.4 is 11.1 Å². The second-order valence-corrected chi connectivity index (χ2v) is 8.33. The zero-order valence-corrected chi connectivity index (χ0v) is 15.7. The summed E-state index contributed by atoms with van der Waals surface area (Å²) in [4.78, 5) is 11.8. The van der Waals surface area contributed by atoms with Gasteiger partial charge in [-0.25, -0.2) is 12.7 Å². The second-order valence-electron chi connectivity index (χ2n) is 6.32. The molecule has 1 amide bonds. The van der Waals surface area contributed by atoms with E-state index in [0.717, 1.165) is 0 Å². The van der Waals surface area contributed by atoms with Crippen LogP contribution in [0.1, 0.15) is 32.3 Å². The molecule has 0 saturated carbocycles. The molecule has 0 aromatic heterocycles. The summed E-state index contributed by atoms with van der Waals surface area (Å²) >= 11 is 0. The van der Waals surface area contributed by atoms with Gasteiger partial charge in [0.25, 0.3) is 0 Å². The lowest BCUT2D eigenvalue weighted by atomic mass is 10.0. The zero-order chi connectivity index (χ0) is 19.0. The number of nitrogens with zero attached hydrogens (tertiary/aromatic N) is 2. The molecule has 0 saturated heterocycles. The smallest absolute Gasteiger partial charge is 0.244 e. The molecular formula is C17H26N4O3S. The third kappa shape index (κ3) is 6.12. The minimum atomic E-state index is -3.74. The molecule has 1 aromatic rings. The lowest BCUT2D eigenvalue weighted by Crippen LogP contribution is -2.42. The number of carbonyl (C=O) groups excluding carboxylic acids is 1. The Kier molecular flexibility index (Phi) is 8.03. The number of benzene rings is 1. The molecule has 1 atom stereocenters. The molecule has 0 aliphatic heterocycles. The Hall–Kier alpha value is -1.95. The van der Waals surface area contributed by atoms with Crippen LogP contribution in [0.2, 0.25) is 0 Å². The Bertz CT molecular complexity index is 726. The topological polar surface area (TPSA) is 116 Å². The van der Waals surface area contributed by atoms with E-state index in [2.05, 4.69) is 5.32 Å². The molecule has 0 aliphatic rings. The molecule has 0 aliphatic carbocycles. The van der Waals surface area contributed by atoms with Crippen molar-refractivity contribution in [1.29, 1.82) is 5.26 Å². The number of amides is 1. The first kappa shape index (κ1) is 21.1. The van der Waals surface area contributed by atoms with Gasteiger partial charge in [0.05, 0.1) is 16.5 Å². The predicted octanol–water partition coefficient (Wildman–Crippen LogP) is 1.06. The van der Waals surface area contributed by atoms with Crippen LogP contribution in [0, 0.1) is 17.2 Å². The van der Waals surface area contributed by atoms with Crippen molar-refractivity contribution in [2.75, 3.05) is 20.1 Å². The Labute approximate surface area is 149 Å². The van der Waals surface area contributed by atoms with E-state index in [1.165, 1.54) is 23.5 Å². The Balaban J connectivity index is 2.55. The predicted molar refractivity (Wildman–Crippen MR) is 96.0 cm³/mol. The van der Waals surface area contributed by atoms with Crippen LogP contribution in [0.4, 0.5) is 0 Å². The van der Waals surface area contributed by atoms with Crippen LogP contribution >= 0.6 is 0 Å². The number of carbonyl (C=O) groups is 1. The molecule has 0 radical (unpaired) electrons. The fourth-order valence-corrected chi connectivity index (χ4v) is 3.68. The maximum absolute atomic E-state index is 12.5. The summed E-state index contributed by atoms with van der Waals surface area (Å²) in [7, 11) is -2.29. The summed E-state index contributed by atoms with van der Waals surface area (Å²) in [6.07, 6.45) is 1.05. The molecule has 8 heteroatoms. The van der Waals surface area contributed by atoms with Crippen LogP contribution in [-0.4, -0.2) is 44.8 Å². The first-order valence-electron chi connectivity index (χ1n) is 8.19. The summed E-state index contributed by atoms with van der Waals surface area (Å²) in [5, 5.41) is 11.8. The number of rotatable bonds is 9. The molecular weight excluding hydrogens is 340 g/mol. The van der Waals surface area contributed by atoms with Gasteiger partial charge in [-0.05, 0) is 30.9 Å². The molecule has 0 heterocycles. The number of nitriles is 1. The third-order valence-corrected chi connectivity index (χ3v) is 5.62. The van der Waals surface area contributed by atoms with E-state index in [-0.39, 0.29) is 22.9 Å². The van der Waals surface area contributed by atoms with Gasteiger partial charge in [-0.1, -0.05) is 26.0 Å². The van der Waals surface area contributed by atoms with Gasteiger partial charge in [-0.15, -0.1) is 0 Å². The number of nitrogens with one attached hydrogen (secondary N) is 1. The number of sulfonamides is 1. The molecule has 0 unspecified atom stereocenters. The van der Waals surface area contributed by atoms with Gasteiger partial charge in [-0.3, -0.25) is 4.79 Å². The van der Waals surface area contributed by atoms with Crippen molar-refractivity contribution in [3.05, 3.63) is 29.8 Å². The summed E-state index contributed by atoms with van der Waals surface area (Å²) in [5.74, 6) is 0.103. The number of hydrogen-bond acceptors (Lipinski definition) is 5. The molecule has 1 aromatic carbocycles. The highest BCUT2D eigenvalue weighted by Gasteiger charge is 2.23. The van der Waals surface area contributed by atoms with E-state index in [1.807, 2.05) is 19.9 Å². The van der Waals surface area contributed by atoms with E-state index >= 15 is 0 Å². The Morgan fingerprint density at radius 3 is 2.60 bits per heavy atom. The van der Waals surface area contributed by atoms with Gasteiger partial charge < -0.3 is 11.1 Å². The summed E-state index contributed by atoms with van der Waals surface area (Å²) in [5.41, 5.74) is 5.90. The van der Waals surface area contributed by atoms with E-state index in [4.69, 9.17) is 11.0 Å². The highest BCUT2D eigenvalue weighted by atomic mass is 32.2. The highest BCUT2D eigenvalue weighted by molar-refractivity contribution is 7.89. The van der Waals surface area contributed by atoms with Crippen molar-refractivity contribution in [2.24, 2.45) is 11.7 Å². The lowest BCUT2D eigenvalue weighted by molar-refractivity contribution is -0.122. The standard InChI is InChI=1S/C17H26N4O3S/c1-13(2)11-15(19)17(22)20-9-6-10-21(3)25(23,24)16-8-5-4-7-14(16)12-18/h4-5,7-8,13,15H,6,9-11,19H2,1-3H3,(H,20,22)/t15-/m0/s1. The monoisotopic (exact) mass is 366 g/mol. The van der Waals surface area contributed by atoms with Crippen molar-refractivity contribution >= 4 is 15.9 Å². The summed E-state index contributed by atoms with van der Waals surface area (Å²) < 4.78 is 26.3. The van der Waals surface area contributed by atoms with Crippen molar-refractivity contribution in [3.8, 4) is 6.07 Å². The van der Waals surface area contributed by atoms with Crippen LogP contribution in [0.5, 0.6) is 0 Å². The van der Waals surface area contributed by atoms with Crippen molar-refractivity contribution in [1.82, 2.24) is 9.62 Å². The van der Waals surface area contributed by atoms with Gasteiger partial charge in [0, 0.05) is 20.1 Å². The van der Waals surface area contributed by atoms with Gasteiger partial charge in [0.15, 0.2) is 0 Å². The fourth-order valence-electron chi connectivity index (χ4n) is 2.33. The third-order valence-electron chi connectivity index (χ3n) is 3.71. The molecule has 0 bridgehead atoms. The summed E-state index contributed by atoms with van der Waals surface area (Å²) in [6.45, 7) is 4.55. The minimum absolute atomic E-state index is 0.0111. The quantitative estimate of drug-likeness (QED) is 0.634. The number of hydrogen-bond donors (Lipinski definition) is 2. The molecule has 1 rings (SSSR count). The molecule has 3 N–H and O–H groups in total. The number of nitrogens with two attached hydrogens (primary N) is 1. The fraction of sp³-hybridized carbons (Fsp3) is 0.529. The zero-order valence-electron chi connectivity index (χ0n) is 14.9. The summed E-state index contributed by atoms with van der Waals surface area (Å²) in [6, 6.07) is 7.42. The second kappa shape index (κ2) is 9.51. The van der Waals surface area contributed by atoms with Crippen LogP contribution in [-0.2, 0) is 14.8 Å². The van der Waals surface area contributed by atoms with Gasteiger partial charge in [0.1, 0.15) is 6.07 Å². The normalized spacial score (nSPS) is 12.8. The van der Waals surface area contributed by atoms with Crippen LogP contribution in [0.25, 0.3) is 0 Å². The van der Waals surface area contributed by atoms with Crippen molar-refractivity contribution in [2.45, 2.75) is 37.6 Å². The Morgan fingerprint density at radius 1 is 1.36 bits per heavy atom. The largest absolute Gasteiger partial charge is 0.355 e. The average molecular weight is 366 g/mol. The Morgan fingerprint density at radius 2 is 2.00 bits per heavy atom. The molecule has 25 heavy (non-hydrogen) atoms. The minimum Gasteiger partial charge on any atom is -0.355 e. The first-order valence-corrected chi connectivity index (χ1v) is 9.63. The molecule has 0 fully saturated rings. The first-order chi connectivity index (χ1) is 11.7. The maximum Gasteiger partial charge on any atom is 0.244 e. The van der Waals surface area contributed by atoms with E-state index < -0.39 is 16.1 Å². The van der Waals surface area contributed by atoms with Crippen molar-refractivity contribution < 1.29 is 13.2 Å². The maximum atomic E-state index is 12.5. The van der Waals surface area contributed by atoms with Crippen LogP contribution in [0.15, 0.2) is 29.2 Å². The lowest BCUT2D eigenvalue weighted by Gasteiger charge is -2.18. The van der Waals surface area contributed by atoms with E-state index in [0.29, 0.717) is 25.3 Å². The van der Waals surface area contributed by atoms with E-state index in [1.54, 1.807) is 12.1 Å². The SMILES string of the molecule is CC(C)C[C@H](N)C(=O)NCCCN(C)S(=O)(=O)c1ccccc1C#N.